The number of imidazole rings is 1. The van der Waals surface area contributed by atoms with Gasteiger partial charge in [-0.3, -0.25) is 0 Å². The Bertz CT molecular complexity index is 2820. The minimum absolute atomic E-state index is 0.174. The average molecular weight is 655 g/mol. The van der Waals surface area contributed by atoms with Crippen LogP contribution in [-0.2, 0) is 0 Å². The molecule has 244 valence electrons. The van der Waals surface area contributed by atoms with Crippen molar-refractivity contribution in [2.24, 2.45) is 11.3 Å². The summed E-state index contributed by atoms with van der Waals surface area (Å²) >= 11 is 0. The molecule has 0 saturated carbocycles. The van der Waals surface area contributed by atoms with Crippen LogP contribution in [0.1, 0.15) is 37.4 Å². The summed E-state index contributed by atoms with van der Waals surface area (Å²) in [6, 6.07) is 47.3. The van der Waals surface area contributed by atoms with Crippen molar-refractivity contribution in [2.45, 2.75) is 26.3 Å². The number of hydrogen-bond acceptors (Lipinski definition) is 1. The molecule has 0 bridgehead atoms. The summed E-state index contributed by atoms with van der Waals surface area (Å²) in [7, 11) is 0. The van der Waals surface area contributed by atoms with Crippen LogP contribution in [0.5, 0.6) is 0 Å². The highest BCUT2D eigenvalue weighted by molar-refractivity contribution is 5.96. The minimum atomic E-state index is -0.241. The second kappa shape index (κ2) is 11.5. The molecular formula is C49H38N2. The molecule has 1 heterocycles. The van der Waals surface area contributed by atoms with E-state index in [1.807, 2.05) is 0 Å². The van der Waals surface area contributed by atoms with Gasteiger partial charge in [0.15, 0.2) is 0 Å². The van der Waals surface area contributed by atoms with Crippen LogP contribution in [0.25, 0.3) is 55.1 Å². The molecule has 6 aromatic carbocycles. The quantitative estimate of drug-likeness (QED) is 0.185. The first-order chi connectivity index (χ1) is 25.1. The van der Waals surface area contributed by atoms with E-state index in [0.29, 0.717) is 5.92 Å². The Kier molecular flexibility index (Phi) is 6.76. The van der Waals surface area contributed by atoms with Crippen LogP contribution < -0.4 is 10.4 Å². The Balaban J connectivity index is 1.33. The highest BCUT2D eigenvalue weighted by Crippen LogP contribution is 2.51. The molecule has 3 aliphatic carbocycles. The lowest BCUT2D eigenvalue weighted by Gasteiger charge is -2.41. The van der Waals surface area contributed by atoms with Crippen LogP contribution in [0.3, 0.4) is 0 Å². The van der Waals surface area contributed by atoms with Gasteiger partial charge < -0.3 is 4.57 Å². The van der Waals surface area contributed by atoms with E-state index in [9.17, 15) is 0 Å². The van der Waals surface area contributed by atoms with E-state index in [2.05, 4.69) is 188 Å². The number of benzene rings is 6. The van der Waals surface area contributed by atoms with E-state index in [4.69, 9.17) is 4.98 Å². The second-order valence-electron chi connectivity index (χ2n) is 14.6. The van der Waals surface area contributed by atoms with E-state index in [1.54, 1.807) is 0 Å². The molecular weight excluding hydrogens is 617 g/mol. The summed E-state index contributed by atoms with van der Waals surface area (Å²) in [5.74, 6) is 1.35. The van der Waals surface area contributed by atoms with Crippen molar-refractivity contribution in [1.29, 1.82) is 0 Å². The van der Waals surface area contributed by atoms with Gasteiger partial charge in [0.2, 0.25) is 0 Å². The number of nitrogens with zero attached hydrogens (tertiary/aromatic N) is 2. The van der Waals surface area contributed by atoms with Crippen molar-refractivity contribution in [3.63, 3.8) is 0 Å². The standard InChI is InChI=1S/C49H38N2/c1-32-13-3-9-20-44(32)51-45-21-10-8-19-43(45)50-48(51)39-26-27-40-41(31-39)47(38-25-23-34-15-5-7-17-36(34)30-38)49(2)28-12-11-18-42(49)46(40)37-24-22-33-14-4-6-16-35(33)29-37/h3-27,29-32,44H,28H2,1-2H3. The molecule has 3 atom stereocenters. The molecule has 2 nitrogen and oxygen atoms in total. The Morgan fingerprint density at radius 3 is 2.08 bits per heavy atom. The highest BCUT2D eigenvalue weighted by Gasteiger charge is 2.40. The van der Waals surface area contributed by atoms with E-state index < -0.39 is 0 Å². The number of aromatic nitrogens is 2. The topological polar surface area (TPSA) is 17.8 Å². The Morgan fingerprint density at radius 2 is 1.29 bits per heavy atom. The number of rotatable bonds is 4. The molecule has 3 aliphatic rings. The van der Waals surface area contributed by atoms with Gasteiger partial charge in [0.25, 0.3) is 0 Å². The van der Waals surface area contributed by atoms with Gasteiger partial charge in [0.1, 0.15) is 5.82 Å². The summed E-state index contributed by atoms with van der Waals surface area (Å²) in [6.07, 6.45) is 16.9. The largest absolute Gasteiger partial charge is 0.316 e. The summed E-state index contributed by atoms with van der Waals surface area (Å²) in [5.41, 5.74) is 9.69. The molecule has 1 aromatic heterocycles. The highest BCUT2D eigenvalue weighted by atomic mass is 15.1. The molecule has 3 unspecified atom stereocenters. The van der Waals surface area contributed by atoms with Gasteiger partial charge in [-0.05, 0) is 102 Å². The van der Waals surface area contributed by atoms with Crippen molar-refractivity contribution < 1.29 is 0 Å². The summed E-state index contributed by atoms with van der Waals surface area (Å²) < 4.78 is 2.46. The van der Waals surface area contributed by atoms with Gasteiger partial charge in [-0.2, -0.15) is 0 Å². The Hall–Kier alpha value is -5.99. The van der Waals surface area contributed by atoms with Crippen molar-refractivity contribution in [1.82, 2.24) is 9.55 Å². The first-order valence-electron chi connectivity index (χ1n) is 18.1. The Morgan fingerprint density at radius 1 is 0.627 bits per heavy atom. The van der Waals surface area contributed by atoms with Crippen molar-refractivity contribution in [3.8, 4) is 11.4 Å². The summed E-state index contributed by atoms with van der Waals surface area (Å²) in [5, 5.41) is 7.60. The third kappa shape index (κ3) is 4.67. The van der Waals surface area contributed by atoms with Crippen molar-refractivity contribution in [3.05, 3.63) is 197 Å². The SMILES string of the molecule is CC1C=CC=CC1n1c(-c2ccc3c(c2)=C(c2ccc4ccccc4c2)C2(C)CC=CC=C2C=3c2ccc3ccccc3c2)nc2ccccc21. The number of allylic oxidation sites excluding steroid dienone is 8. The van der Waals surface area contributed by atoms with Gasteiger partial charge >= 0.3 is 0 Å². The van der Waals surface area contributed by atoms with E-state index in [-0.39, 0.29) is 11.5 Å². The molecule has 51 heavy (non-hydrogen) atoms. The normalized spacial score (nSPS) is 20.9. The van der Waals surface area contributed by atoms with Gasteiger partial charge in [-0.25, -0.2) is 4.98 Å². The fraction of sp³-hybridized carbons (Fsp3) is 0.122. The third-order valence-electron chi connectivity index (χ3n) is 11.5. The van der Waals surface area contributed by atoms with E-state index in [0.717, 1.165) is 23.3 Å². The van der Waals surface area contributed by atoms with Gasteiger partial charge in [0, 0.05) is 11.0 Å². The van der Waals surface area contributed by atoms with Crippen LogP contribution in [0.4, 0.5) is 0 Å². The summed E-state index contributed by atoms with van der Waals surface area (Å²) in [4.78, 5) is 5.36. The fourth-order valence-electron chi connectivity index (χ4n) is 8.96. The lowest BCUT2D eigenvalue weighted by atomic mass is 9.62. The first-order valence-corrected chi connectivity index (χ1v) is 18.1. The van der Waals surface area contributed by atoms with Crippen LogP contribution >= 0.6 is 0 Å². The maximum Gasteiger partial charge on any atom is 0.141 e. The second-order valence-corrected chi connectivity index (χ2v) is 14.6. The Labute approximate surface area is 298 Å². The maximum atomic E-state index is 5.36. The number of para-hydroxylation sites is 2. The monoisotopic (exact) mass is 654 g/mol. The van der Waals surface area contributed by atoms with E-state index >= 15 is 0 Å². The van der Waals surface area contributed by atoms with Crippen LogP contribution in [-0.4, -0.2) is 9.55 Å². The van der Waals surface area contributed by atoms with Gasteiger partial charge in [-0.15, -0.1) is 0 Å². The molecule has 10 rings (SSSR count). The molecule has 0 amide bonds. The molecule has 0 saturated heterocycles. The third-order valence-corrected chi connectivity index (χ3v) is 11.5. The van der Waals surface area contributed by atoms with Crippen LogP contribution in [0, 0.1) is 11.3 Å². The van der Waals surface area contributed by atoms with Gasteiger partial charge in [0.05, 0.1) is 17.1 Å². The zero-order valence-electron chi connectivity index (χ0n) is 28.9. The molecule has 0 N–H and O–H groups in total. The average Bonchev–Trinajstić information content (AvgIpc) is 3.56. The molecule has 0 radical (unpaired) electrons. The first kappa shape index (κ1) is 29.9. The smallest absolute Gasteiger partial charge is 0.141 e. The number of fused-ring (bicyclic) bond motifs is 5. The van der Waals surface area contributed by atoms with Crippen LogP contribution in [0.2, 0.25) is 0 Å². The maximum absolute atomic E-state index is 5.36. The zero-order chi connectivity index (χ0) is 34.1. The van der Waals surface area contributed by atoms with Crippen molar-refractivity contribution in [2.75, 3.05) is 0 Å². The lowest BCUT2D eigenvalue weighted by molar-refractivity contribution is 0.500. The molecule has 0 spiro atoms. The molecule has 0 fully saturated rings. The predicted molar refractivity (Wildman–Crippen MR) is 214 cm³/mol. The minimum Gasteiger partial charge on any atom is -0.316 e. The molecule has 2 heteroatoms. The number of hydrogen-bond donors (Lipinski definition) is 0. The molecule has 0 aliphatic heterocycles. The lowest BCUT2D eigenvalue weighted by Crippen LogP contribution is -2.42. The van der Waals surface area contributed by atoms with Crippen molar-refractivity contribution >= 4 is 43.7 Å². The zero-order valence-corrected chi connectivity index (χ0v) is 28.9. The molecule has 7 aromatic rings. The van der Waals surface area contributed by atoms with Crippen LogP contribution in [0.15, 0.2) is 175 Å². The fourth-order valence-corrected chi connectivity index (χ4v) is 8.96. The van der Waals surface area contributed by atoms with E-state index in [1.165, 1.54) is 65.3 Å². The summed E-state index contributed by atoms with van der Waals surface area (Å²) in [6.45, 7) is 4.76. The predicted octanol–water partition coefficient (Wildman–Crippen LogP) is 10.6. The van der Waals surface area contributed by atoms with Gasteiger partial charge in [-0.1, -0.05) is 153 Å².